The van der Waals surface area contributed by atoms with E-state index in [2.05, 4.69) is 55.8 Å². The van der Waals surface area contributed by atoms with Crippen molar-refractivity contribution in [2.45, 2.75) is 25.8 Å². The monoisotopic (exact) mass is 343 g/mol. The zero-order valence-corrected chi connectivity index (χ0v) is 15.6. The lowest BCUT2D eigenvalue weighted by Gasteiger charge is -2.34. The van der Waals surface area contributed by atoms with Gasteiger partial charge in [0.2, 0.25) is 0 Å². The van der Waals surface area contributed by atoms with Gasteiger partial charge in [-0.1, -0.05) is 30.3 Å². The molecule has 1 aliphatic heterocycles. The fraction of sp³-hybridized carbons (Fsp3) is 0.650. The largest absolute Gasteiger partial charge is 0.356 e. The molecule has 1 heterocycles. The predicted molar refractivity (Wildman–Crippen MR) is 105 cm³/mol. The van der Waals surface area contributed by atoms with E-state index in [-0.39, 0.29) is 0 Å². The fourth-order valence-corrected chi connectivity index (χ4v) is 3.31. The average Bonchev–Trinajstić information content (AvgIpc) is 3.48. The highest BCUT2D eigenvalue weighted by molar-refractivity contribution is 5.79. The number of rotatable bonds is 8. The van der Waals surface area contributed by atoms with Gasteiger partial charge in [-0.25, -0.2) is 0 Å². The summed E-state index contributed by atoms with van der Waals surface area (Å²) < 4.78 is 0. The molecule has 1 aromatic carbocycles. The van der Waals surface area contributed by atoms with Gasteiger partial charge in [0, 0.05) is 52.9 Å². The van der Waals surface area contributed by atoms with Gasteiger partial charge in [0.15, 0.2) is 5.96 Å². The predicted octanol–water partition coefficient (Wildman–Crippen LogP) is 1.77. The highest BCUT2D eigenvalue weighted by Crippen LogP contribution is 2.27. The minimum Gasteiger partial charge on any atom is -0.356 e. The number of aliphatic imine (C=N–C) groups is 1. The lowest BCUT2D eigenvalue weighted by atomic mass is 10.2. The molecule has 2 aliphatic rings. The number of piperazine rings is 1. The SMILES string of the molecule is CN=C(NCCCN1CCN(Cc2ccccc2)CC1)NCC1CC1. The zero-order valence-electron chi connectivity index (χ0n) is 15.6. The Hall–Kier alpha value is -1.59. The first-order valence-corrected chi connectivity index (χ1v) is 9.76. The fourth-order valence-electron chi connectivity index (χ4n) is 3.31. The molecule has 0 bridgehead atoms. The van der Waals surface area contributed by atoms with E-state index in [9.17, 15) is 0 Å². The van der Waals surface area contributed by atoms with Crippen LogP contribution in [0.4, 0.5) is 0 Å². The number of guanidine groups is 1. The molecule has 0 amide bonds. The Morgan fingerprint density at radius 3 is 2.44 bits per heavy atom. The van der Waals surface area contributed by atoms with Crippen molar-refractivity contribution < 1.29 is 0 Å². The second-order valence-electron chi connectivity index (χ2n) is 7.28. The topological polar surface area (TPSA) is 42.9 Å². The Bertz CT molecular complexity index is 518. The normalized spacial score (nSPS) is 19.8. The summed E-state index contributed by atoms with van der Waals surface area (Å²) in [5.74, 6) is 1.84. The summed E-state index contributed by atoms with van der Waals surface area (Å²) in [5, 5.41) is 6.85. The van der Waals surface area contributed by atoms with Crippen LogP contribution in [0.15, 0.2) is 35.3 Å². The number of benzene rings is 1. The highest BCUT2D eigenvalue weighted by Gasteiger charge is 2.21. The second kappa shape index (κ2) is 9.78. The average molecular weight is 344 g/mol. The number of nitrogens with zero attached hydrogens (tertiary/aromatic N) is 3. The Kier molecular flexibility index (Phi) is 7.12. The molecular weight excluding hydrogens is 310 g/mol. The van der Waals surface area contributed by atoms with Crippen LogP contribution < -0.4 is 10.6 Å². The maximum absolute atomic E-state index is 4.30. The summed E-state index contributed by atoms with van der Waals surface area (Å²) >= 11 is 0. The van der Waals surface area contributed by atoms with Crippen LogP contribution in [0.5, 0.6) is 0 Å². The molecule has 1 saturated heterocycles. The Balaban J connectivity index is 1.25. The van der Waals surface area contributed by atoms with E-state index in [1.807, 2.05) is 7.05 Å². The first kappa shape index (κ1) is 18.2. The van der Waals surface area contributed by atoms with Crippen molar-refractivity contribution in [1.29, 1.82) is 0 Å². The van der Waals surface area contributed by atoms with Crippen LogP contribution in [-0.4, -0.2) is 68.6 Å². The van der Waals surface area contributed by atoms with Crippen LogP contribution in [0, 0.1) is 5.92 Å². The minimum atomic E-state index is 0.880. The Morgan fingerprint density at radius 2 is 1.76 bits per heavy atom. The molecule has 1 aromatic rings. The second-order valence-corrected chi connectivity index (χ2v) is 7.28. The molecule has 0 atom stereocenters. The molecule has 1 saturated carbocycles. The van der Waals surface area contributed by atoms with Crippen LogP contribution in [0.2, 0.25) is 0 Å². The zero-order chi connectivity index (χ0) is 17.3. The standard InChI is InChI=1S/C20H33N5/c1-21-20(23-16-18-8-9-18)22-10-5-11-24-12-14-25(15-13-24)17-19-6-3-2-4-7-19/h2-4,6-7,18H,5,8-17H2,1H3,(H2,21,22,23). The molecule has 1 aliphatic carbocycles. The van der Waals surface area contributed by atoms with E-state index in [1.165, 1.54) is 57.5 Å². The van der Waals surface area contributed by atoms with Crippen LogP contribution >= 0.6 is 0 Å². The van der Waals surface area contributed by atoms with Crippen molar-refractivity contribution in [1.82, 2.24) is 20.4 Å². The summed E-state index contributed by atoms with van der Waals surface area (Å²) in [6, 6.07) is 10.8. The van der Waals surface area contributed by atoms with Crippen LogP contribution in [-0.2, 0) is 6.54 Å². The molecular formula is C20H33N5. The summed E-state index contributed by atoms with van der Waals surface area (Å²) in [4.78, 5) is 9.45. The Morgan fingerprint density at radius 1 is 1.04 bits per heavy atom. The van der Waals surface area contributed by atoms with Gasteiger partial charge < -0.3 is 15.5 Å². The van der Waals surface area contributed by atoms with E-state index in [0.717, 1.165) is 31.5 Å². The Labute approximate surface area is 152 Å². The van der Waals surface area contributed by atoms with E-state index < -0.39 is 0 Å². The molecule has 25 heavy (non-hydrogen) atoms. The molecule has 5 nitrogen and oxygen atoms in total. The third kappa shape index (κ3) is 6.67. The quantitative estimate of drug-likeness (QED) is 0.429. The van der Waals surface area contributed by atoms with Crippen molar-refractivity contribution in [3.05, 3.63) is 35.9 Å². The van der Waals surface area contributed by atoms with Gasteiger partial charge in [0.25, 0.3) is 0 Å². The van der Waals surface area contributed by atoms with Gasteiger partial charge in [-0.05, 0) is 37.3 Å². The summed E-state index contributed by atoms with van der Waals surface area (Å²) in [6.45, 7) is 9.03. The van der Waals surface area contributed by atoms with E-state index in [0.29, 0.717) is 0 Å². The van der Waals surface area contributed by atoms with Gasteiger partial charge in [0.1, 0.15) is 0 Å². The molecule has 0 radical (unpaired) electrons. The summed E-state index contributed by atoms with van der Waals surface area (Å²) in [6.07, 6.45) is 3.92. The molecule has 2 fully saturated rings. The molecule has 0 unspecified atom stereocenters. The smallest absolute Gasteiger partial charge is 0.190 e. The van der Waals surface area contributed by atoms with Gasteiger partial charge in [-0.3, -0.25) is 9.89 Å². The van der Waals surface area contributed by atoms with Crippen molar-refractivity contribution >= 4 is 5.96 Å². The lowest BCUT2D eigenvalue weighted by molar-refractivity contribution is 0.126. The van der Waals surface area contributed by atoms with Gasteiger partial charge >= 0.3 is 0 Å². The summed E-state index contributed by atoms with van der Waals surface area (Å²) in [5.41, 5.74) is 1.42. The van der Waals surface area contributed by atoms with E-state index in [1.54, 1.807) is 0 Å². The molecule has 0 spiro atoms. The van der Waals surface area contributed by atoms with Crippen molar-refractivity contribution in [2.75, 3.05) is 52.9 Å². The maximum atomic E-state index is 4.30. The van der Waals surface area contributed by atoms with E-state index >= 15 is 0 Å². The number of hydrogen-bond donors (Lipinski definition) is 2. The van der Waals surface area contributed by atoms with Gasteiger partial charge in [-0.2, -0.15) is 0 Å². The molecule has 5 heteroatoms. The van der Waals surface area contributed by atoms with Crippen molar-refractivity contribution in [2.24, 2.45) is 10.9 Å². The van der Waals surface area contributed by atoms with E-state index in [4.69, 9.17) is 0 Å². The summed E-state index contributed by atoms with van der Waals surface area (Å²) in [7, 11) is 1.86. The molecule has 0 aromatic heterocycles. The third-order valence-electron chi connectivity index (χ3n) is 5.14. The van der Waals surface area contributed by atoms with Crippen LogP contribution in [0.1, 0.15) is 24.8 Å². The maximum Gasteiger partial charge on any atom is 0.190 e. The van der Waals surface area contributed by atoms with Crippen molar-refractivity contribution in [3.63, 3.8) is 0 Å². The molecule has 138 valence electrons. The van der Waals surface area contributed by atoms with Gasteiger partial charge in [-0.15, -0.1) is 0 Å². The lowest BCUT2D eigenvalue weighted by Crippen LogP contribution is -2.46. The molecule has 3 rings (SSSR count). The first-order valence-electron chi connectivity index (χ1n) is 9.76. The van der Waals surface area contributed by atoms with Crippen molar-refractivity contribution in [3.8, 4) is 0 Å². The first-order chi connectivity index (χ1) is 12.3. The number of hydrogen-bond acceptors (Lipinski definition) is 3. The highest BCUT2D eigenvalue weighted by atomic mass is 15.3. The molecule has 2 N–H and O–H groups in total. The van der Waals surface area contributed by atoms with Crippen LogP contribution in [0.25, 0.3) is 0 Å². The minimum absolute atomic E-state index is 0.880. The number of nitrogens with one attached hydrogen (secondary N) is 2. The third-order valence-corrected chi connectivity index (χ3v) is 5.14. The van der Waals surface area contributed by atoms with Crippen LogP contribution in [0.3, 0.4) is 0 Å². The van der Waals surface area contributed by atoms with Gasteiger partial charge in [0.05, 0.1) is 0 Å².